The highest BCUT2D eigenvalue weighted by atomic mass is 32.2. The van der Waals surface area contributed by atoms with Gasteiger partial charge in [-0.3, -0.25) is 0 Å². The Morgan fingerprint density at radius 3 is 2.47 bits per heavy atom. The highest BCUT2D eigenvalue weighted by Crippen LogP contribution is 2.05. The van der Waals surface area contributed by atoms with E-state index in [1.165, 1.54) is 6.21 Å². The normalized spacial score (nSPS) is 13.2. The standard InChI is InChI=1S/C12H18N2O2S/c1-10-6-5-7-11(8-10)9-13-17(15,16)14-12(2,3)4/h5-9,14H,1-4H3. The number of hydrogen-bond donors (Lipinski definition) is 1. The van der Waals surface area contributed by atoms with Gasteiger partial charge in [-0.15, -0.1) is 0 Å². The summed E-state index contributed by atoms with van der Waals surface area (Å²) in [5, 5.41) is 0. The Kier molecular flexibility index (Phi) is 4.06. The van der Waals surface area contributed by atoms with E-state index >= 15 is 0 Å². The fourth-order valence-electron chi connectivity index (χ4n) is 1.29. The molecule has 1 N–H and O–H groups in total. The monoisotopic (exact) mass is 254 g/mol. The molecule has 0 radical (unpaired) electrons. The summed E-state index contributed by atoms with van der Waals surface area (Å²) in [5.74, 6) is 0. The molecule has 0 bridgehead atoms. The number of hydrogen-bond acceptors (Lipinski definition) is 2. The van der Waals surface area contributed by atoms with Crippen LogP contribution in [0, 0.1) is 6.92 Å². The second kappa shape index (κ2) is 4.98. The summed E-state index contributed by atoms with van der Waals surface area (Å²) in [6, 6.07) is 7.49. The van der Waals surface area contributed by atoms with Crippen LogP contribution in [-0.4, -0.2) is 20.2 Å². The quantitative estimate of drug-likeness (QED) is 0.839. The Balaban J connectivity index is 2.84. The fraction of sp³-hybridized carbons (Fsp3) is 0.417. The van der Waals surface area contributed by atoms with Crippen molar-refractivity contribution >= 4 is 16.4 Å². The Bertz CT molecular complexity index is 514. The third-order valence-electron chi connectivity index (χ3n) is 1.82. The van der Waals surface area contributed by atoms with Gasteiger partial charge in [0, 0.05) is 11.8 Å². The summed E-state index contributed by atoms with van der Waals surface area (Å²) in [6.45, 7) is 7.26. The van der Waals surface area contributed by atoms with Crippen molar-refractivity contribution in [2.24, 2.45) is 4.40 Å². The molecular weight excluding hydrogens is 236 g/mol. The number of rotatable bonds is 3. The predicted octanol–water partition coefficient (Wildman–Crippen LogP) is 2.05. The molecule has 94 valence electrons. The van der Waals surface area contributed by atoms with Crippen LogP contribution in [0.4, 0.5) is 0 Å². The Morgan fingerprint density at radius 1 is 1.29 bits per heavy atom. The van der Waals surface area contributed by atoms with E-state index in [0.717, 1.165) is 11.1 Å². The smallest absolute Gasteiger partial charge is 0.191 e. The Hall–Kier alpha value is -1.20. The number of nitrogens with zero attached hydrogens (tertiary/aromatic N) is 1. The molecular formula is C12H18N2O2S. The predicted molar refractivity (Wildman–Crippen MR) is 70.6 cm³/mol. The van der Waals surface area contributed by atoms with Gasteiger partial charge >= 0.3 is 10.2 Å². The summed E-state index contributed by atoms with van der Waals surface area (Å²) >= 11 is 0. The van der Waals surface area contributed by atoms with E-state index in [1.54, 1.807) is 20.8 Å². The number of nitrogens with one attached hydrogen (secondary N) is 1. The van der Waals surface area contributed by atoms with Crippen LogP contribution in [0.15, 0.2) is 28.7 Å². The third kappa shape index (κ3) is 5.60. The zero-order chi connectivity index (χ0) is 13.1. The van der Waals surface area contributed by atoms with E-state index in [9.17, 15) is 8.42 Å². The minimum atomic E-state index is -3.63. The van der Waals surface area contributed by atoms with Crippen LogP contribution in [-0.2, 0) is 10.2 Å². The minimum absolute atomic E-state index is 0.525. The van der Waals surface area contributed by atoms with Gasteiger partial charge < -0.3 is 0 Å². The lowest BCUT2D eigenvalue weighted by Gasteiger charge is -2.17. The second-order valence-electron chi connectivity index (χ2n) is 4.98. The molecule has 0 aliphatic rings. The van der Waals surface area contributed by atoms with Gasteiger partial charge in [0.05, 0.1) is 0 Å². The first-order valence-electron chi connectivity index (χ1n) is 5.34. The van der Waals surface area contributed by atoms with Crippen molar-refractivity contribution in [1.82, 2.24) is 4.72 Å². The van der Waals surface area contributed by atoms with Crippen molar-refractivity contribution in [3.63, 3.8) is 0 Å². The van der Waals surface area contributed by atoms with Crippen molar-refractivity contribution in [1.29, 1.82) is 0 Å². The SMILES string of the molecule is Cc1cccc(C=NS(=O)(=O)NC(C)(C)C)c1. The molecule has 1 rings (SSSR count). The topological polar surface area (TPSA) is 58.5 Å². The number of benzene rings is 1. The van der Waals surface area contributed by atoms with Crippen molar-refractivity contribution in [2.75, 3.05) is 0 Å². The van der Waals surface area contributed by atoms with Gasteiger partial charge in [-0.05, 0) is 33.3 Å². The molecule has 17 heavy (non-hydrogen) atoms. The molecule has 0 amide bonds. The first kappa shape index (κ1) is 13.9. The van der Waals surface area contributed by atoms with Crippen molar-refractivity contribution in [3.05, 3.63) is 35.4 Å². The maximum absolute atomic E-state index is 11.6. The molecule has 0 atom stereocenters. The zero-order valence-corrected chi connectivity index (χ0v) is 11.4. The fourth-order valence-corrected chi connectivity index (χ4v) is 2.38. The van der Waals surface area contributed by atoms with Crippen molar-refractivity contribution < 1.29 is 8.42 Å². The largest absolute Gasteiger partial charge is 0.320 e. The Labute approximate surface area is 103 Å². The third-order valence-corrected chi connectivity index (χ3v) is 3.07. The Morgan fingerprint density at radius 2 is 1.94 bits per heavy atom. The van der Waals surface area contributed by atoms with Gasteiger partial charge in [0.25, 0.3) is 0 Å². The lowest BCUT2D eigenvalue weighted by atomic mass is 10.1. The molecule has 0 aliphatic carbocycles. The summed E-state index contributed by atoms with van der Waals surface area (Å²) < 4.78 is 29.2. The van der Waals surface area contributed by atoms with Crippen LogP contribution in [0.2, 0.25) is 0 Å². The average Bonchev–Trinajstić information content (AvgIpc) is 2.11. The van der Waals surface area contributed by atoms with Crippen LogP contribution >= 0.6 is 0 Å². The van der Waals surface area contributed by atoms with E-state index in [2.05, 4.69) is 9.12 Å². The molecule has 0 aliphatic heterocycles. The molecule has 0 saturated heterocycles. The van der Waals surface area contributed by atoms with Gasteiger partial charge in [0.15, 0.2) is 0 Å². The van der Waals surface area contributed by atoms with E-state index in [0.29, 0.717) is 0 Å². The lowest BCUT2D eigenvalue weighted by Crippen LogP contribution is -2.39. The molecule has 0 spiro atoms. The first-order chi connectivity index (χ1) is 7.68. The molecule has 1 aromatic rings. The van der Waals surface area contributed by atoms with Gasteiger partial charge in [0.1, 0.15) is 0 Å². The molecule has 0 unspecified atom stereocenters. The van der Waals surface area contributed by atoms with Gasteiger partial charge in [-0.25, -0.2) is 0 Å². The van der Waals surface area contributed by atoms with Crippen molar-refractivity contribution in [3.8, 4) is 0 Å². The lowest BCUT2D eigenvalue weighted by molar-refractivity contribution is 0.492. The average molecular weight is 254 g/mol. The highest BCUT2D eigenvalue weighted by molar-refractivity contribution is 7.88. The molecule has 0 heterocycles. The van der Waals surface area contributed by atoms with E-state index in [4.69, 9.17) is 0 Å². The second-order valence-corrected chi connectivity index (χ2v) is 6.34. The summed E-state index contributed by atoms with van der Waals surface area (Å²) in [7, 11) is -3.63. The molecule has 5 heteroatoms. The van der Waals surface area contributed by atoms with Crippen LogP contribution < -0.4 is 4.72 Å². The van der Waals surface area contributed by atoms with Crippen LogP contribution in [0.5, 0.6) is 0 Å². The maximum atomic E-state index is 11.6. The van der Waals surface area contributed by atoms with Gasteiger partial charge in [-0.2, -0.15) is 17.5 Å². The van der Waals surface area contributed by atoms with Crippen LogP contribution in [0.1, 0.15) is 31.9 Å². The minimum Gasteiger partial charge on any atom is -0.191 e. The molecule has 1 aromatic carbocycles. The van der Waals surface area contributed by atoms with Crippen LogP contribution in [0.25, 0.3) is 0 Å². The maximum Gasteiger partial charge on any atom is 0.320 e. The summed E-state index contributed by atoms with van der Waals surface area (Å²) in [4.78, 5) is 0. The zero-order valence-electron chi connectivity index (χ0n) is 10.6. The first-order valence-corrected chi connectivity index (χ1v) is 6.78. The van der Waals surface area contributed by atoms with Crippen LogP contribution in [0.3, 0.4) is 0 Å². The molecule has 0 fully saturated rings. The highest BCUT2D eigenvalue weighted by Gasteiger charge is 2.17. The summed E-state index contributed by atoms with van der Waals surface area (Å²) in [6.07, 6.45) is 1.35. The van der Waals surface area contributed by atoms with Gasteiger partial charge in [0.2, 0.25) is 0 Å². The van der Waals surface area contributed by atoms with Crippen molar-refractivity contribution in [2.45, 2.75) is 33.2 Å². The molecule has 4 nitrogen and oxygen atoms in total. The van der Waals surface area contributed by atoms with E-state index < -0.39 is 15.7 Å². The van der Waals surface area contributed by atoms with E-state index in [-0.39, 0.29) is 0 Å². The van der Waals surface area contributed by atoms with E-state index in [1.807, 2.05) is 31.2 Å². The van der Waals surface area contributed by atoms with Gasteiger partial charge in [-0.1, -0.05) is 29.8 Å². The summed E-state index contributed by atoms with van der Waals surface area (Å²) in [5.41, 5.74) is 1.31. The number of aryl methyl sites for hydroxylation is 1. The molecule has 0 saturated carbocycles. The molecule has 0 aromatic heterocycles.